The van der Waals surface area contributed by atoms with Gasteiger partial charge < -0.3 is 29.3 Å². The van der Waals surface area contributed by atoms with E-state index in [9.17, 15) is 19.5 Å². The Labute approximate surface area is 234 Å². The minimum Gasteiger partial charge on any atom is -0.396 e. The lowest BCUT2D eigenvalue weighted by atomic mass is 9.77. The third-order valence-electron chi connectivity index (χ3n) is 8.89. The second kappa shape index (κ2) is 11.4. The number of hydrogen-bond donors (Lipinski definition) is 1. The van der Waals surface area contributed by atoms with Crippen LogP contribution in [-0.2, 0) is 30.4 Å². The third-order valence-corrected chi connectivity index (χ3v) is 8.89. The topological polar surface area (TPSA) is 103 Å². The van der Waals surface area contributed by atoms with Crippen LogP contribution < -0.4 is 0 Å². The first-order valence-corrected chi connectivity index (χ1v) is 14.4. The molecule has 0 bridgehead atoms. The Balaban J connectivity index is 1.30. The molecular weight excluding hydrogens is 512 g/mol. The molecule has 5 heterocycles. The first kappa shape index (κ1) is 27.1. The summed E-state index contributed by atoms with van der Waals surface area (Å²) in [6.45, 7) is 5.68. The fraction of sp³-hybridized carbons (Fsp3) is 0.567. The van der Waals surface area contributed by atoms with Crippen LogP contribution in [0.4, 0.5) is 0 Å². The minimum atomic E-state index is -1.23. The molecule has 3 saturated heterocycles. The van der Waals surface area contributed by atoms with Crippen LogP contribution in [0, 0.1) is 11.8 Å². The van der Waals surface area contributed by atoms with Crippen molar-refractivity contribution in [1.29, 1.82) is 0 Å². The van der Waals surface area contributed by atoms with Crippen LogP contribution in [0.2, 0.25) is 0 Å². The number of carbonyl (C=O) groups is 3. The molecule has 10 heteroatoms. The number of hydrogen-bond acceptors (Lipinski definition) is 7. The smallest absolute Gasteiger partial charge is 0.249 e. The molecule has 3 fully saturated rings. The molecule has 0 radical (unpaired) electrons. The summed E-state index contributed by atoms with van der Waals surface area (Å²) in [4.78, 5) is 49.9. The standard InChI is InChI=1S/C30H38N4O6/c35-18-6-13-34-26-29(38)32(15-14-31-16-19-39-20-17-31)12-5-10-30(26)25(28(34)37)24-23(40-30)9-4-11-33(27(24)36)21-22-7-2-1-3-8-22/h1-5,7-10,23-26,35H,6,11-21H2/t23-,24+,25+,26?,30+/m1/s1. The molecule has 0 saturated carbocycles. The van der Waals surface area contributed by atoms with Crippen molar-refractivity contribution < 1.29 is 29.0 Å². The van der Waals surface area contributed by atoms with Crippen LogP contribution in [0.1, 0.15) is 12.0 Å². The first-order chi connectivity index (χ1) is 19.5. The van der Waals surface area contributed by atoms with E-state index in [0.717, 1.165) is 25.2 Å². The van der Waals surface area contributed by atoms with Gasteiger partial charge >= 0.3 is 0 Å². The molecule has 6 rings (SSSR count). The number of nitrogens with zero attached hydrogens (tertiary/aromatic N) is 4. The lowest BCUT2D eigenvalue weighted by molar-refractivity contribution is -0.148. The van der Waals surface area contributed by atoms with Crippen molar-refractivity contribution >= 4 is 17.7 Å². The monoisotopic (exact) mass is 550 g/mol. The van der Waals surface area contributed by atoms with Gasteiger partial charge in [0.25, 0.3) is 0 Å². The summed E-state index contributed by atoms with van der Waals surface area (Å²) < 4.78 is 12.1. The number of likely N-dealkylation sites (tertiary alicyclic amines) is 1. The molecule has 1 spiro atoms. The maximum absolute atomic E-state index is 14.2. The maximum Gasteiger partial charge on any atom is 0.249 e. The highest BCUT2D eigenvalue weighted by molar-refractivity contribution is 5.99. The Bertz CT molecular complexity index is 1170. The fourth-order valence-corrected chi connectivity index (χ4v) is 6.95. The van der Waals surface area contributed by atoms with Crippen LogP contribution in [0.15, 0.2) is 54.6 Å². The predicted octanol–water partition coefficient (Wildman–Crippen LogP) is 0.279. The second-order valence-electron chi connectivity index (χ2n) is 11.2. The van der Waals surface area contributed by atoms with Gasteiger partial charge in [-0.2, -0.15) is 0 Å². The summed E-state index contributed by atoms with van der Waals surface area (Å²) in [5, 5.41) is 9.59. The Morgan fingerprint density at radius 1 is 0.900 bits per heavy atom. The van der Waals surface area contributed by atoms with Gasteiger partial charge in [0, 0.05) is 59.0 Å². The van der Waals surface area contributed by atoms with E-state index in [2.05, 4.69) is 4.90 Å². The maximum atomic E-state index is 14.2. The zero-order valence-electron chi connectivity index (χ0n) is 22.8. The molecule has 5 atom stereocenters. The molecule has 10 nitrogen and oxygen atoms in total. The molecule has 1 aromatic rings. The third kappa shape index (κ3) is 4.76. The Morgan fingerprint density at radius 2 is 1.68 bits per heavy atom. The summed E-state index contributed by atoms with van der Waals surface area (Å²) in [5.41, 5.74) is -0.223. The molecule has 1 aromatic carbocycles. The number of fused-ring (bicyclic) bond motifs is 2. The van der Waals surface area contributed by atoms with Gasteiger partial charge in [0.05, 0.1) is 31.2 Å². The molecule has 5 aliphatic rings. The van der Waals surface area contributed by atoms with Gasteiger partial charge in [0.1, 0.15) is 11.6 Å². The summed E-state index contributed by atoms with van der Waals surface area (Å²) in [6.07, 6.45) is 7.38. The van der Waals surface area contributed by atoms with E-state index in [-0.39, 0.29) is 30.9 Å². The van der Waals surface area contributed by atoms with Gasteiger partial charge in [-0.25, -0.2) is 0 Å². The van der Waals surface area contributed by atoms with Crippen molar-refractivity contribution in [2.75, 3.05) is 65.6 Å². The summed E-state index contributed by atoms with van der Waals surface area (Å²) >= 11 is 0. The minimum absolute atomic E-state index is 0.0988. The number of morpholine rings is 1. The number of amides is 3. The quantitative estimate of drug-likeness (QED) is 0.464. The van der Waals surface area contributed by atoms with E-state index in [0.29, 0.717) is 45.8 Å². The number of benzene rings is 1. The van der Waals surface area contributed by atoms with Crippen molar-refractivity contribution in [2.24, 2.45) is 11.8 Å². The molecule has 1 N–H and O–H groups in total. The van der Waals surface area contributed by atoms with Gasteiger partial charge in [-0.3, -0.25) is 19.3 Å². The van der Waals surface area contributed by atoms with E-state index >= 15 is 0 Å². The zero-order chi connectivity index (χ0) is 27.7. The molecule has 0 aromatic heterocycles. The predicted molar refractivity (Wildman–Crippen MR) is 146 cm³/mol. The summed E-state index contributed by atoms with van der Waals surface area (Å²) in [5.74, 6) is -2.09. The molecule has 214 valence electrons. The van der Waals surface area contributed by atoms with Gasteiger partial charge in [0.2, 0.25) is 17.7 Å². The molecule has 5 aliphatic heterocycles. The highest BCUT2D eigenvalue weighted by atomic mass is 16.5. The largest absolute Gasteiger partial charge is 0.396 e. The van der Waals surface area contributed by atoms with Gasteiger partial charge in [0.15, 0.2) is 0 Å². The van der Waals surface area contributed by atoms with Crippen LogP contribution in [0.3, 0.4) is 0 Å². The molecule has 0 aliphatic carbocycles. The summed E-state index contributed by atoms with van der Waals surface area (Å²) in [6, 6.07) is 8.92. The average Bonchev–Trinajstić information content (AvgIpc) is 3.29. The van der Waals surface area contributed by atoms with Crippen molar-refractivity contribution in [3.63, 3.8) is 0 Å². The van der Waals surface area contributed by atoms with Crippen molar-refractivity contribution in [3.8, 4) is 0 Å². The van der Waals surface area contributed by atoms with Gasteiger partial charge in [-0.1, -0.05) is 54.6 Å². The molecule has 1 unspecified atom stereocenters. The zero-order valence-corrected chi connectivity index (χ0v) is 22.8. The molecule has 3 amide bonds. The van der Waals surface area contributed by atoms with Gasteiger partial charge in [-0.15, -0.1) is 0 Å². The number of aliphatic hydroxyl groups is 1. The van der Waals surface area contributed by atoms with Crippen molar-refractivity contribution in [2.45, 2.75) is 30.7 Å². The van der Waals surface area contributed by atoms with Crippen molar-refractivity contribution in [1.82, 2.24) is 19.6 Å². The van der Waals surface area contributed by atoms with E-state index < -0.39 is 29.6 Å². The van der Waals surface area contributed by atoms with Crippen LogP contribution in [-0.4, -0.2) is 126 Å². The first-order valence-electron chi connectivity index (χ1n) is 14.4. The lowest BCUT2D eigenvalue weighted by Crippen LogP contribution is -2.56. The number of aliphatic hydroxyl groups excluding tert-OH is 1. The molecule has 40 heavy (non-hydrogen) atoms. The van der Waals surface area contributed by atoms with Crippen LogP contribution in [0.25, 0.3) is 0 Å². The SMILES string of the molecule is O=C1C2N(CCCO)C(=O)[C@@H]3[C@H]4C(=O)N(Cc5ccccc5)CC=C[C@H]4O[C@]23C=CCN1CCN1CCOCC1. The molecular formula is C30H38N4O6. The van der Waals surface area contributed by atoms with Crippen LogP contribution in [0.5, 0.6) is 0 Å². The van der Waals surface area contributed by atoms with Gasteiger partial charge in [-0.05, 0) is 12.0 Å². The Kier molecular flexibility index (Phi) is 7.76. The number of ether oxygens (including phenoxy) is 2. The van der Waals surface area contributed by atoms with Crippen molar-refractivity contribution in [3.05, 3.63) is 60.2 Å². The normalized spacial score (nSPS) is 32.2. The number of carbonyl (C=O) groups excluding carboxylic acids is 3. The Morgan fingerprint density at radius 3 is 2.45 bits per heavy atom. The lowest BCUT2D eigenvalue weighted by Gasteiger charge is -2.36. The highest BCUT2D eigenvalue weighted by Crippen LogP contribution is 2.53. The highest BCUT2D eigenvalue weighted by Gasteiger charge is 2.71. The van der Waals surface area contributed by atoms with E-state index in [1.54, 1.807) is 14.7 Å². The number of rotatable bonds is 8. The van der Waals surface area contributed by atoms with Crippen LogP contribution >= 0.6 is 0 Å². The summed E-state index contributed by atoms with van der Waals surface area (Å²) in [7, 11) is 0. The Hall–Kier alpha value is -3.05. The average molecular weight is 551 g/mol. The van der Waals surface area contributed by atoms with E-state index in [1.165, 1.54) is 0 Å². The van der Waals surface area contributed by atoms with E-state index in [4.69, 9.17) is 9.47 Å². The van der Waals surface area contributed by atoms with E-state index in [1.807, 2.05) is 54.6 Å². The fourth-order valence-electron chi connectivity index (χ4n) is 6.95. The second-order valence-corrected chi connectivity index (χ2v) is 11.2.